The third kappa shape index (κ3) is 11.7. The molecule has 2 nitrogen and oxygen atoms in total. The number of unbranched alkanes of at least 4 members (excludes halogenated alkanes) is 13. The first-order valence-electron chi connectivity index (χ1n) is 12.5. The second-order valence-electron chi connectivity index (χ2n) is 8.64. The van der Waals surface area contributed by atoms with Crippen molar-refractivity contribution in [2.75, 3.05) is 13.1 Å². The van der Waals surface area contributed by atoms with Crippen LogP contribution in [0.5, 0.6) is 0 Å². The summed E-state index contributed by atoms with van der Waals surface area (Å²) in [5.41, 5.74) is 0. The van der Waals surface area contributed by atoms with Crippen LogP contribution in [-0.2, 0) is 0 Å². The Hall–Kier alpha value is -0.660. The zero-order valence-electron chi connectivity index (χ0n) is 19.1. The van der Waals surface area contributed by atoms with Crippen molar-refractivity contribution < 1.29 is 0 Å². The summed E-state index contributed by atoms with van der Waals surface area (Å²) >= 11 is 0. The molecule has 1 unspecified atom stereocenters. The van der Waals surface area contributed by atoms with Gasteiger partial charge in [0.25, 0.3) is 0 Å². The topological polar surface area (TPSA) is 6.48 Å². The van der Waals surface area contributed by atoms with Gasteiger partial charge in [-0.2, -0.15) is 0 Å². The summed E-state index contributed by atoms with van der Waals surface area (Å²) in [5, 5.41) is 0. The maximum atomic E-state index is 2.64. The highest BCUT2D eigenvalue weighted by Gasteiger charge is 2.24. The first-order valence-corrected chi connectivity index (χ1v) is 12.5. The molecule has 0 fully saturated rings. The maximum absolute atomic E-state index is 2.64. The predicted molar refractivity (Wildman–Crippen MR) is 122 cm³/mol. The van der Waals surface area contributed by atoms with Crippen molar-refractivity contribution in [1.82, 2.24) is 9.80 Å². The molecule has 27 heavy (non-hydrogen) atoms. The molecule has 0 aromatic carbocycles. The summed E-state index contributed by atoms with van der Waals surface area (Å²) in [6.45, 7) is 9.38. The normalized spacial score (nSPS) is 16.6. The predicted octanol–water partition coefficient (Wildman–Crippen LogP) is 8.09. The molecule has 1 aliphatic heterocycles. The van der Waals surface area contributed by atoms with Crippen LogP contribution < -0.4 is 0 Å². The third-order valence-corrected chi connectivity index (χ3v) is 6.03. The van der Waals surface area contributed by atoms with Gasteiger partial charge in [-0.05, 0) is 25.7 Å². The van der Waals surface area contributed by atoms with Crippen LogP contribution in [0.4, 0.5) is 0 Å². The van der Waals surface area contributed by atoms with Gasteiger partial charge in [-0.1, -0.05) is 104 Å². The minimum atomic E-state index is 0.644. The van der Waals surface area contributed by atoms with E-state index in [4.69, 9.17) is 0 Å². The first kappa shape index (κ1) is 24.4. The molecule has 0 N–H and O–H groups in total. The lowest BCUT2D eigenvalue weighted by Crippen LogP contribution is -2.39. The summed E-state index contributed by atoms with van der Waals surface area (Å²) in [5.74, 6) is 0. The Labute approximate surface area is 171 Å². The van der Waals surface area contributed by atoms with Crippen molar-refractivity contribution >= 4 is 0 Å². The summed E-state index contributed by atoms with van der Waals surface area (Å²) in [7, 11) is 0. The Balaban J connectivity index is 2.16. The minimum absolute atomic E-state index is 0.644. The molecule has 0 radical (unpaired) electrons. The molecule has 1 atom stereocenters. The molecule has 1 heterocycles. The van der Waals surface area contributed by atoms with Crippen LogP contribution in [0.2, 0.25) is 0 Å². The molecule has 1 aliphatic rings. The van der Waals surface area contributed by atoms with Crippen molar-refractivity contribution in [3.8, 4) is 0 Å². The zero-order valence-corrected chi connectivity index (χ0v) is 19.1. The van der Waals surface area contributed by atoms with E-state index in [0.717, 1.165) is 0 Å². The van der Waals surface area contributed by atoms with E-state index in [2.05, 4.69) is 43.0 Å². The van der Waals surface area contributed by atoms with E-state index in [9.17, 15) is 0 Å². The van der Waals surface area contributed by atoms with Gasteiger partial charge in [0.05, 0.1) is 0 Å². The van der Waals surface area contributed by atoms with Crippen LogP contribution in [0.1, 0.15) is 130 Å². The molecule has 0 saturated carbocycles. The van der Waals surface area contributed by atoms with Crippen molar-refractivity contribution in [1.29, 1.82) is 0 Å². The molecule has 160 valence electrons. The first-order chi connectivity index (χ1) is 13.3. The van der Waals surface area contributed by atoms with E-state index in [0.29, 0.717) is 6.17 Å². The van der Waals surface area contributed by atoms with Crippen LogP contribution in [0.3, 0.4) is 0 Å². The van der Waals surface area contributed by atoms with Crippen LogP contribution in [0, 0.1) is 0 Å². The Bertz CT molecular complexity index is 339. The second kappa shape index (κ2) is 17.4. The average Bonchev–Trinajstić information content (AvgIpc) is 3.05. The van der Waals surface area contributed by atoms with E-state index < -0.39 is 0 Å². The summed E-state index contributed by atoms with van der Waals surface area (Å²) in [6, 6.07) is 0. The molecule has 0 aromatic rings. The van der Waals surface area contributed by atoms with Gasteiger partial charge in [0.2, 0.25) is 0 Å². The third-order valence-electron chi connectivity index (χ3n) is 6.03. The van der Waals surface area contributed by atoms with Gasteiger partial charge in [-0.25, -0.2) is 0 Å². The SMILES string of the molecule is CCCCCCCCCCCC1N(CCC)C=CN1CCCCCCCC. The maximum Gasteiger partial charge on any atom is 0.101 e. The zero-order chi connectivity index (χ0) is 19.6. The molecular formula is C25H50N2. The standard InChI is InChI=1S/C25H50N2/c1-4-7-9-11-13-14-15-16-18-20-25-26(21-6-3)23-24-27(25)22-19-17-12-10-8-5-2/h23-25H,4-22H2,1-3H3. The number of hydrogen-bond acceptors (Lipinski definition) is 2. The largest absolute Gasteiger partial charge is 0.356 e. The quantitative estimate of drug-likeness (QED) is 0.209. The Kier molecular flexibility index (Phi) is 15.7. The van der Waals surface area contributed by atoms with Gasteiger partial charge in [-0.15, -0.1) is 0 Å². The van der Waals surface area contributed by atoms with E-state index in [1.807, 2.05) is 0 Å². The lowest BCUT2D eigenvalue weighted by atomic mass is 10.1. The molecule has 1 rings (SSSR count). The number of hydrogen-bond donors (Lipinski definition) is 0. The van der Waals surface area contributed by atoms with Gasteiger partial charge < -0.3 is 9.80 Å². The number of rotatable bonds is 19. The lowest BCUT2D eigenvalue weighted by Gasteiger charge is -2.33. The van der Waals surface area contributed by atoms with Crippen LogP contribution in [0.25, 0.3) is 0 Å². The number of nitrogens with zero attached hydrogens (tertiary/aromatic N) is 2. The Morgan fingerprint density at radius 1 is 0.481 bits per heavy atom. The molecule has 0 amide bonds. The van der Waals surface area contributed by atoms with Crippen LogP contribution in [0.15, 0.2) is 12.4 Å². The molecule has 0 bridgehead atoms. The van der Waals surface area contributed by atoms with Gasteiger partial charge in [0.15, 0.2) is 0 Å². The highest BCUT2D eigenvalue weighted by atomic mass is 15.4. The fourth-order valence-electron chi connectivity index (χ4n) is 4.31. The van der Waals surface area contributed by atoms with Gasteiger partial charge in [-0.3, -0.25) is 0 Å². The Morgan fingerprint density at radius 3 is 1.44 bits per heavy atom. The van der Waals surface area contributed by atoms with Crippen molar-refractivity contribution in [2.45, 2.75) is 136 Å². The molecule has 0 spiro atoms. The average molecular weight is 379 g/mol. The van der Waals surface area contributed by atoms with Gasteiger partial charge in [0.1, 0.15) is 6.17 Å². The van der Waals surface area contributed by atoms with E-state index in [1.165, 1.54) is 122 Å². The molecule has 0 aliphatic carbocycles. The van der Waals surface area contributed by atoms with Crippen LogP contribution >= 0.6 is 0 Å². The van der Waals surface area contributed by atoms with Crippen LogP contribution in [-0.4, -0.2) is 29.1 Å². The van der Waals surface area contributed by atoms with E-state index in [-0.39, 0.29) is 0 Å². The lowest BCUT2D eigenvalue weighted by molar-refractivity contribution is 0.137. The van der Waals surface area contributed by atoms with Gasteiger partial charge >= 0.3 is 0 Å². The van der Waals surface area contributed by atoms with Crippen molar-refractivity contribution in [3.63, 3.8) is 0 Å². The van der Waals surface area contributed by atoms with Crippen molar-refractivity contribution in [3.05, 3.63) is 12.4 Å². The van der Waals surface area contributed by atoms with E-state index in [1.54, 1.807) is 0 Å². The smallest absolute Gasteiger partial charge is 0.101 e. The summed E-state index contributed by atoms with van der Waals surface area (Å²) in [6.07, 6.45) is 29.2. The molecule has 0 saturated heterocycles. The summed E-state index contributed by atoms with van der Waals surface area (Å²) < 4.78 is 0. The molecule has 2 heteroatoms. The molecular weight excluding hydrogens is 328 g/mol. The monoisotopic (exact) mass is 378 g/mol. The molecule has 0 aromatic heterocycles. The highest BCUT2D eigenvalue weighted by molar-refractivity contribution is 4.96. The van der Waals surface area contributed by atoms with E-state index >= 15 is 0 Å². The minimum Gasteiger partial charge on any atom is -0.356 e. The Morgan fingerprint density at radius 2 is 0.926 bits per heavy atom. The fraction of sp³-hybridized carbons (Fsp3) is 0.920. The summed E-state index contributed by atoms with van der Waals surface area (Å²) in [4.78, 5) is 5.24. The highest BCUT2D eigenvalue weighted by Crippen LogP contribution is 2.23. The fourth-order valence-corrected chi connectivity index (χ4v) is 4.31. The van der Waals surface area contributed by atoms with Gasteiger partial charge in [0, 0.05) is 25.5 Å². The second-order valence-corrected chi connectivity index (χ2v) is 8.64. The van der Waals surface area contributed by atoms with Crippen molar-refractivity contribution in [2.24, 2.45) is 0 Å².